The smallest absolute Gasteiger partial charge is 0.260 e. The van der Waals surface area contributed by atoms with Crippen LogP contribution in [0, 0.1) is 5.92 Å². The summed E-state index contributed by atoms with van der Waals surface area (Å²) < 4.78 is 11.5. The number of amides is 2. The van der Waals surface area contributed by atoms with Crippen LogP contribution in [-0.2, 0) is 14.3 Å². The lowest BCUT2D eigenvalue weighted by Gasteiger charge is -2.39. The van der Waals surface area contributed by atoms with E-state index in [1.165, 1.54) is 0 Å². The molecule has 4 rings (SSSR count). The lowest BCUT2D eigenvalue weighted by molar-refractivity contribution is -0.142. The topological polar surface area (TPSA) is 62.3 Å². The van der Waals surface area contributed by atoms with E-state index in [2.05, 4.69) is 23.6 Å². The highest BCUT2D eigenvalue weighted by Gasteiger charge is 2.37. The second kappa shape index (κ2) is 10.7. The Bertz CT molecular complexity index is 756. The Labute approximate surface area is 191 Å². The van der Waals surface area contributed by atoms with Crippen LogP contribution in [0.4, 0.5) is 0 Å². The minimum Gasteiger partial charge on any atom is -0.484 e. The Morgan fingerprint density at radius 2 is 1.69 bits per heavy atom. The predicted molar refractivity (Wildman–Crippen MR) is 122 cm³/mol. The number of likely N-dealkylation sites (tertiary alicyclic amines) is 2. The zero-order valence-corrected chi connectivity index (χ0v) is 19.4. The first-order valence-corrected chi connectivity index (χ1v) is 12.1. The van der Waals surface area contributed by atoms with Crippen LogP contribution in [0.3, 0.4) is 0 Å². The molecule has 3 saturated heterocycles. The molecule has 7 nitrogen and oxygen atoms in total. The first kappa shape index (κ1) is 23.1. The summed E-state index contributed by atoms with van der Waals surface area (Å²) in [4.78, 5) is 32.3. The van der Waals surface area contributed by atoms with E-state index in [1.54, 1.807) is 0 Å². The summed E-state index contributed by atoms with van der Waals surface area (Å²) in [6.07, 6.45) is 4.14. The molecule has 3 unspecified atom stereocenters. The maximum atomic E-state index is 13.3. The molecular weight excluding hydrogens is 406 g/mol. The highest BCUT2D eigenvalue weighted by atomic mass is 16.5. The van der Waals surface area contributed by atoms with Crippen molar-refractivity contribution in [2.75, 3.05) is 45.9 Å². The van der Waals surface area contributed by atoms with Crippen LogP contribution < -0.4 is 4.74 Å². The monoisotopic (exact) mass is 443 g/mol. The Morgan fingerprint density at radius 1 is 1.00 bits per heavy atom. The summed E-state index contributed by atoms with van der Waals surface area (Å²) in [6.45, 7) is 9.24. The van der Waals surface area contributed by atoms with Gasteiger partial charge in [-0.3, -0.25) is 14.5 Å². The molecule has 2 amide bonds. The minimum atomic E-state index is -0.00522. The first-order valence-electron chi connectivity index (χ1n) is 12.1. The van der Waals surface area contributed by atoms with Gasteiger partial charge in [-0.2, -0.15) is 0 Å². The molecule has 0 aromatic heterocycles. The van der Waals surface area contributed by atoms with Gasteiger partial charge in [0.05, 0.1) is 12.2 Å². The molecule has 0 spiro atoms. The fraction of sp³-hybridized carbons (Fsp3) is 0.680. The molecule has 3 heterocycles. The van der Waals surface area contributed by atoms with Gasteiger partial charge in [-0.25, -0.2) is 0 Å². The summed E-state index contributed by atoms with van der Waals surface area (Å²) >= 11 is 0. The van der Waals surface area contributed by atoms with E-state index in [-0.39, 0.29) is 36.5 Å². The second-order valence-electron chi connectivity index (χ2n) is 9.56. The number of ether oxygens (including phenoxy) is 2. The number of carbonyl (C=O) groups is 2. The third-order valence-electron chi connectivity index (χ3n) is 6.93. The Kier molecular flexibility index (Phi) is 7.68. The third kappa shape index (κ3) is 5.81. The molecule has 0 radical (unpaired) electrons. The zero-order chi connectivity index (χ0) is 22.5. The van der Waals surface area contributed by atoms with Crippen molar-refractivity contribution in [1.29, 1.82) is 0 Å². The van der Waals surface area contributed by atoms with Gasteiger partial charge in [-0.15, -0.1) is 0 Å². The van der Waals surface area contributed by atoms with Crippen molar-refractivity contribution in [3.63, 3.8) is 0 Å². The van der Waals surface area contributed by atoms with Gasteiger partial charge in [0, 0.05) is 51.2 Å². The van der Waals surface area contributed by atoms with Gasteiger partial charge in [-0.05, 0) is 51.7 Å². The van der Waals surface area contributed by atoms with Crippen molar-refractivity contribution in [1.82, 2.24) is 14.7 Å². The van der Waals surface area contributed by atoms with Crippen molar-refractivity contribution in [3.05, 3.63) is 30.3 Å². The van der Waals surface area contributed by atoms with Crippen molar-refractivity contribution in [2.24, 2.45) is 5.92 Å². The number of nitrogens with zero attached hydrogens (tertiary/aromatic N) is 3. The van der Waals surface area contributed by atoms with Gasteiger partial charge in [0.15, 0.2) is 6.61 Å². The number of piperidine rings is 1. The van der Waals surface area contributed by atoms with E-state index < -0.39 is 0 Å². The number of hydrogen-bond donors (Lipinski definition) is 0. The number of rotatable bonds is 6. The van der Waals surface area contributed by atoms with E-state index in [4.69, 9.17) is 9.47 Å². The van der Waals surface area contributed by atoms with Gasteiger partial charge in [0.25, 0.3) is 5.91 Å². The van der Waals surface area contributed by atoms with Crippen molar-refractivity contribution < 1.29 is 19.1 Å². The van der Waals surface area contributed by atoms with Crippen molar-refractivity contribution >= 4 is 11.8 Å². The molecule has 3 aliphatic heterocycles. The van der Waals surface area contributed by atoms with E-state index in [1.807, 2.05) is 35.2 Å². The van der Waals surface area contributed by atoms with Crippen LogP contribution in [0.25, 0.3) is 0 Å². The molecule has 176 valence electrons. The molecule has 0 N–H and O–H groups in total. The van der Waals surface area contributed by atoms with E-state index in [0.717, 1.165) is 51.9 Å². The zero-order valence-electron chi connectivity index (χ0n) is 19.4. The summed E-state index contributed by atoms with van der Waals surface area (Å²) in [7, 11) is 0. The quantitative estimate of drug-likeness (QED) is 0.676. The molecule has 0 saturated carbocycles. The average Bonchev–Trinajstić information content (AvgIpc) is 3.25. The molecule has 3 fully saturated rings. The minimum absolute atomic E-state index is 0.00522. The molecule has 0 bridgehead atoms. The van der Waals surface area contributed by atoms with E-state index >= 15 is 0 Å². The van der Waals surface area contributed by atoms with Crippen molar-refractivity contribution in [2.45, 2.75) is 57.8 Å². The molecule has 32 heavy (non-hydrogen) atoms. The van der Waals surface area contributed by atoms with Gasteiger partial charge in [0.1, 0.15) is 5.75 Å². The lowest BCUT2D eigenvalue weighted by Crippen LogP contribution is -2.52. The fourth-order valence-corrected chi connectivity index (χ4v) is 5.41. The maximum absolute atomic E-state index is 13.3. The van der Waals surface area contributed by atoms with Crippen LogP contribution in [0.2, 0.25) is 0 Å². The van der Waals surface area contributed by atoms with Crippen LogP contribution >= 0.6 is 0 Å². The maximum Gasteiger partial charge on any atom is 0.260 e. The van der Waals surface area contributed by atoms with Crippen LogP contribution in [0.5, 0.6) is 5.75 Å². The van der Waals surface area contributed by atoms with Gasteiger partial charge in [0.2, 0.25) is 5.91 Å². The van der Waals surface area contributed by atoms with E-state index in [0.29, 0.717) is 24.9 Å². The first-order chi connectivity index (χ1) is 15.5. The lowest BCUT2D eigenvalue weighted by atomic mass is 9.95. The largest absolute Gasteiger partial charge is 0.484 e. The molecule has 3 aliphatic rings. The Balaban J connectivity index is 1.24. The molecule has 7 heteroatoms. The van der Waals surface area contributed by atoms with Gasteiger partial charge < -0.3 is 19.3 Å². The Morgan fingerprint density at radius 3 is 2.38 bits per heavy atom. The summed E-state index contributed by atoms with van der Waals surface area (Å²) in [5, 5.41) is 0. The molecule has 1 aromatic rings. The highest BCUT2D eigenvalue weighted by molar-refractivity contribution is 5.81. The summed E-state index contributed by atoms with van der Waals surface area (Å²) in [5.74, 6) is 1.01. The highest BCUT2D eigenvalue weighted by Crippen LogP contribution is 2.26. The number of para-hydroxylation sites is 1. The second-order valence-corrected chi connectivity index (χ2v) is 9.56. The molecule has 3 atom stereocenters. The van der Waals surface area contributed by atoms with Gasteiger partial charge in [-0.1, -0.05) is 18.2 Å². The van der Waals surface area contributed by atoms with Crippen molar-refractivity contribution in [3.8, 4) is 5.75 Å². The van der Waals surface area contributed by atoms with E-state index in [9.17, 15) is 9.59 Å². The average molecular weight is 444 g/mol. The molecule has 1 aromatic carbocycles. The number of carbonyl (C=O) groups excluding carboxylic acids is 2. The SMILES string of the molecule is CC1CN(CC2CCCN2C(=O)C2CCN(C(=O)COc3ccccc3)CC2)CC(C)O1. The fourth-order valence-electron chi connectivity index (χ4n) is 5.41. The Hall–Kier alpha value is -2.12. The molecule has 0 aliphatic carbocycles. The standard InChI is InChI=1S/C25H37N3O4/c1-19-15-26(16-20(2)32-19)17-22-7-6-12-28(22)25(30)21-10-13-27(14-11-21)24(29)18-31-23-8-4-3-5-9-23/h3-5,8-9,19-22H,6-7,10-18H2,1-2H3. The number of hydrogen-bond acceptors (Lipinski definition) is 5. The van der Waals surface area contributed by atoms with Crippen LogP contribution in [0.15, 0.2) is 30.3 Å². The van der Waals surface area contributed by atoms with Gasteiger partial charge >= 0.3 is 0 Å². The number of morpholine rings is 1. The normalized spacial score (nSPS) is 27.5. The predicted octanol–water partition coefficient (Wildman–Crippen LogP) is 2.40. The third-order valence-corrected chi connectivity index (χ3v) is 6.93. The van der Waals surface area contributed by atoms with Crippen LogP contribution in [-0.4, -0.2) is 90.6 Å². The number of benzene rings is 1. The summed E-state index contributed by atoms with van der Waals surface area (Å²) in [6, 6.07) is 9.71. The molecular formula is C25H37N3O4. The summed E-state index contributed by atoms with van der Waals surface area (Å²) in [5.41, 5.74) is 0. The van der Waals surface area contributed by atoms with Crippen LogP contribution in [0.1, 0.15) is 39.5 Å².